The molecule has 0 spiro atoms. The molecule has 22 heteroatoms. The second kappa shape index (κ2) is 17.3. The number of hydrogen-bond acceptors (Lipinski definition) is 13. The van der Waals surface area contributed by atoms with Crippen LogP contribution in [-0.4, -0.2) is 122 Å². The van der Waals surface area contributed by atoms with Crippen LogP contribution in [0, 0.1) is 17.8 Å². The number of hydrogen-bond donors (Lipinski definition) is 4. The molecule has 342 valence electrons. The number of amides is 4. The summed E-state index contributed by atoms with van der Waals surface area (Å²) in [5.74, 6) is -2.98. The Labute approximate surface area is 357 Å². The van der Waals surface area contributed by atoms with Crippen molar-refractivity contribution in [2.24, 2.45) is 17.8 Å². The first-order valence-corrected chi connectivity index (χ1v) is 21.9. The zero-order valence-electron chi connectivity index (χ0n) is 35.6. The SMILES string of the molecule is COc1ccc2c(OC3CC4C(=O)NC5(C(=O)NS(=O)(=O)C6(CF)CC6)CC5C=CCCC(C)CC(C)C(NNC(=O)OC(C)(C)C(F)(F)F)C(=O)N4C3)nc(N(C)C)nc2c1. The average Bonchev–Trinajstić information content (AvgIpc) is 4.10. The fourth-order valence-electron chi connectivity index (χ4n) is 7.85. The Hall–Kier alpha value is -4.99. The minimum atomic E-state index is -4.91. The summed E-state index contributed by atoms with van der Waals surface area (Å²) in [5.41, 5.74) is 0.500. The molecule has 0 bridgehead atoms. The molecule has 62 heavy (non-hydrogen) atoms. The van der Waals surface area contributed by atoms with E-state index in [-0.39, 0.29) is 50.0 Å². The van der Waals surface area contributed by atoms with Crippen LogP contribution < -0.4 is 35.3 Å². The van der Waals surface area contributed by atoms with Crippen molar-refractivity contribution in [3.05, 3.63) is 30.4 Å². The van der Waals surface area contributed by atoms with Gasteiger partial charge in [-0.2, -0.15) is 18.2 Å². The first-order valence-electron chi connectivity index (χ1n) is 20.4. The summed E-state index contributed by atoms with van der Waals surface area (Å²) in [6.45, 7) is 3.57. The molecule has 2 aliphatic carbocycles. The normalized spacial score (nSPS) is 27.8. The Balaban J connectivity index is 1.36. The number of hydrazine groups is 1. The van der Waals surface area contributed by atoms with Crippen molar-refractivity contribution in [3.8, 4) is 11.6 Å². The van der Waals surface area contributed by atoms with E-state index in [9.17, 15) is 45.2 Å². The molecule has 0 radical (unpaired) electrons. The lowest BCUT2D eigenvalue weighted by atomic mass is 9.88. The van der Waals surface area contributed by atoms with Crippen molar-refractivity contribution in [2.75, 3.05) is 39.3 Å². The van der Waals surface area contributed by atoms with E-state index < -0.39 is 92.6 Å². The topological polar surface area (TPSA) is 210 Å². The molecule has 2 saturated carbocycles. The lowest BCUT2D eigenvalue weighted by molar-refractivity contribution is -0.244. The van der Waals surface area contributed by atoms with Crippen molar-refractivity contribution >= 4 is 50.7 Å². The third-order valence-corrected chi connectivity index (χ3v) is 14.3. The van der Waals surface area contributed by atoms with Gasteiger partial charge in [0, 0.05) is 32.5 Å². The highest BCUT2D eigenvalue weighted by molar-refractivity contribution is 7.91. The van der Waals surface area contributed by atoms with Gasteiger partial charge in [-0.15, -0.1) is 0 Å². The molecule has 4 amide bonds. The number of aromatic nitrogens is 2. The molecular weight excluding hydrogens is 845 g/mol. The van der Waals surface area contributed by atoms with E-state index in [0.29, 0.717) is 49.8 Å². The van der Waals surface area contributed by atoms with Crippen LogP contribution in [0.4, 0.5) is 28.3 Å². The molecule has 7 unspecified atom stereocenters. The molecule has 4 N–H and O–H groups in total. The van der Waals surface area contributed by atoms with E-state index in [1.165, 1.54) is 12.0 Å². The zero-order valence-corrected chi connectivity index (χ0v) is 36.4. The average molecular weight is 899 g/mol. The monoisotopic (exact) mass is 898 g/mol. The second-order valence-electron chi connectivity index (χ2n) is 17.6. The van der Waals surface area contributed by atoms with Crippen LogP contribution in [0.15, 0.2) is 30.4 Å². The summed E-state index contributed by atoms with van der Waals surface area (Å²) >= 11 is 0. The van der Waals surface area contributed by atoms with Crippen molar-refractivity contribution in [2.45, 2.75) is 113 Å². The number of alkyl halides is 4. The number of benzene rings is 1. The van der Waals surface area contributed by atoms with Gasteiger partial charge in [0.2, 0.25) is 39.3 Å². The highest BCUT2D eigenvalue weighted by Crippen LogP contribution is 2.48. The van der Waals surface area contributed by atoms with Crippen LogP contribution in [0.3, 0.4) is 0 Å². The highest BCUT2D eigenvalue weighted by atomic mass is 32.2. The molecule has 3 heterocycles. The van der Waals surface area contributed by atoms with Crippen molar-refractivity contribution in [1.82, 2.24) is 35.8 Å². The van der Waals surface area contributed by atoms with E-state index in [1.54, 1.807) is 50.2 Å². The number of ether oxygens (including phenoxy) is 3. The maximum absolute atomic E-state index is 14.9. The maximum atomic E-state index is 14.9. The van der Waals surface area contributed by atoms with Gasteiger partial charge < -0.3 is 29.3 Å². The molecule has 7 atom stereocenters. The highest BCUT2D eigenvalue weighted by Gasteiger charge is 2.64. The van der Waals surface area contributed by atoms with Crippen LogP contribution in [-0.2, 0) is 29.1 Å². The summed E-state index contributed by atoms with van der Waals surface area (Å²) in [7, 11) is 0.480. The molecule has 3 fully saturated rings. The molecule has 2 aromatic rings. The summed E-state index contributed by atoms with van der Waals surface area (Å²) in [6, 6.07) is 2.36. The van der Waals surface area contributed by atoms with Gasteiger partial charge >= 0.3 is 12.3 Å². The molecule has 4 aliphatic rings. The predicted molar refractivity (Wildman–Crippen MR) is 217 cm³/mol. The second-order valence-corrected chi connectivity index (χ2v) is 19.7. The Morgan fingerprint density at radius 1 is 1.10 bits per heavy atom. The molecule has 1 aromatic carbocycles. The van der Waals surface area contributed by atoms with Crippen molar-refractivity contribution in [1.29, 1.82) is 0 Å². The van der Waals surface area contributed by atoms with Gasteiger partial charge in [0.05, 0.1) is 24.6 Å². The molecule has 1 saturated heterocycles. The van der Waals surface area contributed by atoms with Crippen LogP contribution in [0.25, 0.3) is 10.9 Å². The summed E-state index contributed by atoms with van der Waals surface area (Å²) in [6.07, 6.45) is -2.40. The molecule has 17 nitrogen and oxygen atoms in total. The number of fused-ring (bicyclic) bond motifs is 3. The van der Waals surface area contributed by atoms with Crippen molar-refractivity contribution < 1.29 is 59.4 Å². The number of anilines is 1. The van der Waals surface area contributed by atoms with E-state index >= 15 is 0 Å². The van der Waals surface area contributed by atoms with E-state index in [0.717, 1.165) is 0 Å². The van der Waals surface area contributed by atoms with Crippen LogP contribution in [0.2, 0.25) is 0 Å². The molecule has 1 aromatic heterocycles. The summed E-state index contributed by atoms with van der Waals surface area (Å²) in [4.78, 5) is 68.2. The maximum Gasteiger partial charge on any atom is 0.427 e. The van der Waals surface area contributed by atoms with Crippen LogP contribution >= 0.6 is 0 Å². The number of nitrogens with one attached hydrogen (secondary N) is 4. The molecule has 2 aliphatic heterocycles. The first-order chi connectivity index (χ1) is 29.0. The van der Waals surface area contributed by atoms with Gasteiger partial charge in [0.15, 0.2) is 0 Å². The summed E-state index contributed by atoms with van der Waals surface area (Å²) in [5, 5.41) is 3.23. The fraction of sp³-hybridized carbons (Fsp3) is 0.650. The van der Waals surface area contributed by atoms with Gasteiger partial charge in [-0.1, -0.05) is 26.0 Å². The number of halogens is 4. The van der Waals surface area contributed by atoms with Gasteiger partial charge in [-0.05, 0) is 76.3 Å². The third kappa shape index (κ3) is 9.49. The Morgan fingerprint density at radius 2 is 1.81 bits per heavy atom. The van der Waals surface area contributed by atoms with E-state index in [4.69, 9.17) is 9.47 Å². The minimum Gasteiger partial charge on any atom is -0.497 e. The van der Waals surface area contributed by atoms with E-state index in [2.05, 4.69) is 30.9 Å². The van der Waals surface area contributed by atoms with E-state index in [1.807, 2.05) is 17.7 Å². The minimum absolute atomic E-state index is 0.0145. The summed E-state index contributed by atoms with van der Waals surface area (Å²) < 4.78 is 97.9. The number of carbonyl (C=O) groups is 4. The zero-order chi connectivity index (χ0) is 45.6. The Kier molecular flexibility index (Phi) is 13.0. The number of nitrogens with zero attached hydrogens (tertiary/aromatic N) is 4. The lowest BCUT2D eigenvalue weighted by Gasteiger charge is -2.33. The number of rotatable bonds is 11. The Bertz CT molecular complexity index is 2210. The van der Waals surface area contributed by atoms with Crippen molar-refractivity contribution in [3.63, 3.8) is 0 Å². The lowest BCUT2D eigenvalue weighted by Crippen LogP contribution is -2.61. The predicted octanol–water partition coefficient (Wildman–Crippen LogP) is 3.83. The van der Waals surface area contributed by atoms with Gasteiger partial charge in [-0.3, -0.25) is 24.5 Å². The Morgan fingerprint density at radius 3 is 2.44 bits per heavy atom. The largest absolute Gasteiger partial charge is 0.497 e. The van der Waals surface area contributed by atoms with Gasteiger partial charge in [0.1, 0.15) is 40.9 Å². The standard InChI is InChI=1S/C40H54F4N8O9S/c1-22-10-8-9-11-24-19-39(24,34(55)50-62(57,58)38(21-41)14-15-38)47-31(53)29-18-26(60-32-27-13-12-25(59-7)17-28(27)45-35(46-32)51(5)6)20-52(29)33(54)30(23(2)16-22)48-49-36(56)61-37(3,4)40(42,43)44/h9,11-13,17,22-24,26,29-30,48H,8,10,14-16,18-21H2,1-7H3,(H,47,53)(H,49,56)(H,50,55). The number of carbonyl (C=O) groups excluding carboxylic acids is 4. The van der Waals surface area contributed by atoms with Crippen LogP contribution in [0.5, 0.6) is 11.6 Å². The van der Waals surface area contributed by atoms with Gasteiger partial charge in [0.25, 0.3) is 5.91 Å². The fourth-order valence-corrected chi connectivity index (χ4v) is 9.27. The first kappa shape index (κ1) is 46.5. The smallest absolute Gasteiger partial charge is 0.427 e. The third-order valence-electron chi connectivity index (χ3n) is 12.2. The number of allylic oxidation sites excluding steroid dienone is 1. The quantitative estimate of drug-likeness (QED) is 0.144. The number of methoxy groups -OCH3 is 1. The van der Waals surface area contributed by atoms with Gasteiger partial charge in [-0.25, -0.2) is 28.0 Å². The molecule has 6 rings (SSSR count). The molecular formula is C40H54F4N8O9S. The number of sulfonamides is 1. The van der Waals surface area contributed by atoms with Crippen LogP contribution in [0.1, 0.15) is 72.6 Å².